The lowest BCUT2D eigenvalue weighted by molar-refractivity contribution is -0.116. The Bertz CT molecular complexity index is 839. The summed E-state index contributed by atoms with van der Waals surface area (Å²) in [5, 5.41) is 2.82. The molecule has 2 aromatic carbocycles. The van der Waals surface area contributed by atoms with Crippen molar-refractivity contribution in [1.82, 2.24) is 5.32 Å². The van der Waals surface area contributed by atoms with E-state index < -0.39 is 0 Å². The molecule has 1 heterocycles. The molecular formula is C21H23NO6. The molecule has 0 aromatic heterocycles. The van der Waals surface area contributed by atoms with Crippen LogP contribution in [0.5, 0.6) is 28.7 Å². The highest BCUT2D eigenvalue weighted by Crippen LogP contribution is 2.38. The summed E-state index contributed by atoms with van der Waals surface area (Å²) in [6.45, 7) is 0.723. The Morgan fingerprint density at radius 2 is 1.79 bits per heavy atom. The molecule has 3 rings (SSSR count). The van der Waals surface area contributed by atoms with E-state index in [1.165, 1.54) is 6.08 Å². The van der Waals surface area contributed by atoms with Crippen molar-refractivity contribution < 1.29 is 28.5 Å². The molecule has 1 unspecified atom stereocenters. The second kappa shape index (κ2) is 9.03. The van der Waals surface area contributed by atoms with Gasteiger partial charge in [-0.25, -0.2) is 0 Å². The molecule has 0 fully saturated rings. The van der Waals surface area contributed by atoms with E-state index >= 15 is 0 Å². The Morgan fingerprint density at radius 1 is 1.11 bits per heavy atom. The van der Waals surface area contributed by atoms with Gasteiger partial charge >= 0.3 is 0 Å². The van der Waals surface area contributed by atoms with Gasteiger partial charge in [-0.05, 0) is 35.9 Å². The number of methoxy groups -OCH3 is 3. The van der Waals surface area contributed by atoms with Crippen LogP contribution in [-0.4, -0.2) is 46.5 Å². The summed E-state index contributed by atoms with van der Waals surface area (Å²) in [6.07, 6.45) is 2.87. The number of hydrogen-bond acceptors (Lipinski definition) is 6. The van der Waals surface area contributed by atoms with E-state index in [0.29, 0.717) is 41.9 Å². The van der Waals surface area contributed by atoms with Gasteiger partial charge in [-0.1, -0.05) is 12.1 Å². The Hall–Kier alpha value is -3.35. The fraction of sp³-hybridized carbons (Fsp3) is 0.286. The summed E-state index contributed by atoms with van der Waals surface area (Å²) in [5.41, 5.74) is 0.746. The molecule has 1 aliphatic rings. The molecule has 0 aliphatic carbocycles. The van der Waals surface area contributed by atoms with Crippen LogP contribution in [0, 0.1) is 0 Å². The summed E-state index contributed by atoms with van der Waals surface area (Å²) < 4.78 is 27.4. The Balaban J connectivity index is 1.58. The maximum absolute atomic E-state index is 12.2. The molecule has 0 saturated carbocycles. The first-order chi connectivity index (χ1) is 13.6. The van der Waals surface area contributed by atoms with Crippen molar-refractivity contribution in [2.45, 2.75) is 6.10 Å². The first-order valence-electron chi connectivity index (χ1n) is 8.79. The monoisotopic (exact) mass is 385 g/mol. The van der Waals surface area contributed by atoms with Crippen molar-refractivity contribution in [3.8, 4) is 28.7 Å². The minimum Gasteiger partial charge on any atom is -0.493 e. The number of amides is 1. The lowest BCUT2D eigenvalue weighted by Crippen LogP contribution is -2.40. The van der Waals surface area contributed by atoms with Gasteiger partial charge in [0.15, 0.2) is 23.0 Å². The van der Waals surface area contributed by atoms with Crippen molar-refractivity contribution in [3.05, 3.63) is 48.0 Å². The van der Waals surface area contributed by atoms with Gasteiger partial charge in [0.05, 0.1) is 27.9 Å². The van der Waals surface area contributed by atoms with E-state index in [2.05, 4.69) is 5.32 Å². The van der Waals surface area contributed by atoms with E-state index in [9.17, 15) is 4.79 Å². The van der Waals surface area contributed by atoms with Gasteiger partial charge < -0.3 is 29.0 Å². The third kappa shape index (κ3) is 4.49. The van der Waals surface area contributed by atoms with Gasteiger partial charge in [-0.15, -0.1) is 0 Å². The maximum atomic E-state index is 12.2. The zero-order valence-electron chi connectivity index (χ0n) is 16.1. The first-order valence-corrected chi connectivity index (χ1v) is 8.79. The number of fused-ring (bicyclic) bond motifs is 1. The van der Waals surface area contributed by atoms with Gasteiger partial charge in [0, 0.05) is 6.08 Å². The fourth-order valence-electron chi connectivity index (χ4n) is 2.81. The molecule has 1 atom stereocenters. The van der Waals surface area contributed by atoms with Gasteiger partial charge in [-0.2, -0.15) is 0 Å². The van der Waals surface area contributed by atoms with E-state index in [4.69, 9.17) is 23.7 Å². The third-order valence-corrected chi connectivity index (χ3v) is 4.19. The lowest BCUT2D eigenvalue weighted by atomic mass is 10.1. The third-order valence-electron chi connectivity index (χ3n) is 4.19. The summed E-state index contributed by atoms with van der Waals surface area (Å²) in [5.74, 6) is 2.70. The molecule has 7 heteroatoms. The molecule has 1 N–H and O–H groups in total. The molecular weight excluding hydrogens is 362 g/mol. The largest absolute Gasteiger partial charge is 0.493 e. The Labute approximate surface area is 163 Å². The minimum atomic E-state index is -0.242. The van der Waals surface area contributed by atoms with Gasteiger partial charge in [-0.3, -0.25) is 4.79 Å². The zero-order valence-corrected chi connectivity index (χ0v) is 16.1. The molecule has 1 amide bonds. The molecule has 0 spiro atoms. The molecule has 7 nitrogen and oxygen atoms in total. The Kier molecular flexibility index (Phi) is 6.26. The SMILES string of the molecule is COc1cc(C=CC(=O)NCC2COc3ccccc3O2)cc(OC)c1OC. The molecule has 28 heavy (non-hydrogen) atoms. The highest BCUT2D eigenvalue weighted by Gasteiger charge is 2.20. The van der Waals surface area contributed by atoms with Crippen molar-refractivity contribution in [2.24, 2.45) is 0 Å². The number of ether oxygens (including phenoxy) is 5. The second-order valence-electron chi connectivity index (χ2n) is 6.03. The predicted octanol–water partition coefficient (Wildman–Crippen LogP) is 2.68. The van der Waals surface area contributed by atoms with Crippen LogP contribution in [-0.2, 0) is 4.79 Å². The number of carbonyl (C=O) groups is 1. The highest BCUT2D eigenvalue weighted by atomic mass is 16.6. The van der Waals surface area contributed by atoms with Crippen molar-refractivity contribution in [3.63, 3.8) is 0 Å². The molecule has 0 radical (unpaired) electrons. The van der Waals surface area contributed by atoms with Crippen LogP contribution in [0.25, 0.3) is 6.08 Å². The lowest BCUT2D eigenvalue weighted by Gasteiger charge is -2.26. The fourth-order valence-corrected chi connectivity index (χ4v) is 2.81. The number of para-hydroxylation sites is 2. The molecule has 148 valence electrons. The first kappa shape index (κ1) is 19.4. The quantitative estimate of drug-likeness (QED) is 0.739. The van der Waals surface area contributed by atoms with E-state index in [-0.39, 0.29) is 12.0 Å². The standard InChI is InChI=1S/C21H23NO6/c1-24-18-10-14(11-19(25-2)21(18)26-3)8-9-20(23)22-12-15-13-27-16-6-4-5-7-17(16)28-15/h4-11,15H,12-13H2,1-3H3,(H,22,23). The molecule has 2 aromatic rings. The molecule has 1 aliphatic heterocycles. The predicted molar refractivity (Wildman–Crippen MR) is 104 cm³/mol. The molecule has 0 saturated heterocycles. The smallest absolute Gasteiger partial charge is 0.244 e. The van der Waals surface area contributed by atoms with Gasteiger partial charge in [0.1, 0.15) is 12.7 Å². The van der Waals surface area contributed by atoms with Crippen LogP contribution in [0.1, 0.15) is 5.56 Å². The van der Waals surface area contributed by atoms with Crippen LogP contribution >= 0.6 is 0 Å². The number of hydrogen-bond donors (Lipinski definition) is 1. The van der Waals surface area contributed by atoms with Crippen LogP contribution < -0.4 is 29.0 Å². The average molecular weight is 385 g/mol. The van der Waals surface area contributed by atoms with Crippen LogP contribution in [0.4, 0.5) is 0 Å². The topological polar surface area (TPSA) is 75.3 Å². The van der Waals surface area contributed by atoms with Gasteiger partial charge in [0.25, 0.3) is 0 Å². The van der Waals surface area contributed by atoms with Gasteiger partial charge in [0.2, 0.25) is 11.7 Å². The summed E-state index contributed by atoms with van der Waals surface area (Å²) >= 11 is 0. The normalized spacial score (nSPS) is 15.2. The molecule has 0 bridgehead atoms. The summed E-state index contributed by atoms with van der Waals surface area (Å²) in [7, 11) is 4.63. The van der Waals surface area contributed by atoms with E-state index in [1.807, 2.05) is 24.3 Å². The van der Waals surface area contributed by atoms with Crippen molar-refractivity contribution >= 4 is 12.0 Å². The van der Waals surface area contributed by atoms with E-state index in [0.717, 1.165) is 5.56 Å². The number of carbonyl (C=O) groups excluding carboxylic acids is 1. The summed E-state index contributed by atoms with van der Waals surface area (Å²) in [4.78, 5) is 12.2. The summed E-state index contributed by atoms with van der Waals surface area (Å²) in [6, 6.07) is 11.0. The number of nitrogens with one attached hydrogen (secondary N) is 1. The maximum Gasteiger partial charge on any atom is 0.244 e. The van der Waals surface area contributed by atoms with Crippen molar-refractivity contribution in [2.75, 3.05) is 34.5 Å². The highest BCUT2D eigenvalue weighted by molar-refractivity contribution is 5.91. The average Bonchev–Trinajstić information content (AvgIpc) is 2.75. The Morgan fingerprint density at radius 3 is 2.43 bits per heavy atom. The van der Waals surface area contributed by atoms with Crippen LogP contribution in [0.15, 0.2) is 42.5 Å². The zero-order chi connectivity index (χ0) is 19.9. The number of benzene rings is 2. The van der Waals surface area contributed by atoms with Crippen LogP contribution in [0.2, 0.25) is 0 Å². The second-order valence-corrected chi connectivity index (χ2v) is 6.03. The minimum absolute atomic E-state index is 0.240. The number of rotatable bonds is 7. The van der Waals surface area contributed by atoms with Crippen molar-refractivity contribution in [1.29, 1.82) is 0 Å². The van der Waals surface area contributed by atoms with Crippen LogP contribution in [0.3, 0.4) is 0 Å². The van der Waals surface area contributed by atoms with E-state index in [1.54, 1.807) is 39.5 Å².